The second-order valence-electron chi connectivity index (χ2n) is 5.50. The first-order chi connectivity index (χ1) is 6.95. The van der Waals surface area contributed by atoms with Crippen LogP contribution in [-0.4, -0.2) is 14.9 Å². The maximum atomic E-state index is 9.25. The van der Waals surface area contributed by atoms with E-state index >= 15 is 0 Å². The Morgan fingerprint density at radius 1 is 1.40 bits per heavy atom. The van der Waals surface area contributed by atoms with Crippen molar-refractivity contribution in [3.8, 4) is 0 Å². The minimum absolute atomic E-state index is 0.0502. The number of aliphatic hydroxyl groups excluding tert-OH is 1. The zero-order chi connectivity index (χ0) is 11.2. The first-order valence-electron chi connectivity index (χ1n) is 5.64. The molecule has 1 saturated carbocycles. The highest BCUT2D eigenvalue weighted by Crippen LogP contribution is 2.39. The normalized spacial score (nSPS) is 17.1. The molecular formula is C12H20N2O. The molecule has 0 amide bonds. The van der Waals surface area contributed by atoms with Crippen LogP contribution in [0.5, 0.6) is 0 Å². The third kappa shape index (κ3) is 1.81. The summed E-state index contributed by atoms with van der Waals surface area (Å²) in [4.78, 5) is 0. The molecular weight excluding hydrogens is 188 g/mol. The summed E-state index contributed by atoms with van der Waals surface area (Å²) in [5.74, 6) is 0. The van der Waals surface area contributed by atoms with E-state index < -0.39 is 0 Å². The van der Waals surface area contributed by atoms with Gasteiger partial charge in [0.05, 0.1) is 18.3 Å². The van der Waals surface area contributed by atoms with Gasteiger partial charge in [-0.3, -0.25) is 4.68 Å². The standard InChI is InChI=1S/C12H20N2O/c1-8-10(7-15)13-14(9-5-6-9)11(8)12(2,3)4/h9,15H,5-7H2,1-4H3. The molecule has 2 rings (SSSR count). The quantitative estimate of drug-likeness (QED) is 0.810. The van der Waals surface area contributed by atoms with Crippen LogP contribution in [0.15, 0.2) is 0 Å². The third-order valence-electron chi connectivity index (χ3n) is 3.00. The molecule has 0 radical (unpaired) electrons. The summed E-state index contributed by atoms with van der Waals surface area (Å²) in [6.45, 7) is 8.73. The number of hydrogen-bond acceptors (Lipinski definition) is 2. The number of aromatic nitrogens is 2. The Bertz CT molecular complexity index is 370. The predicted octanol–water partition coefficient (Wildman–Crippen LogP) is 2.32. The summed E-state index contributed by atoms with van der Waals surface area (Å²) in [5.41, 5.74) is 3.39. The van der Waals surface area contributed by atoms with Crippen molar-refractivity contribution in [3.05, 3.63) is 17.0 Å². The zero-order valence-corrected chi connectivity index (χ0v) is 10.0. The lowest BCUT2D eigenvalue weighted by Gasteiger charge is -2.21. The molecule has 84 valence electrons. The van der Waals surface area contributed by atoms with Crippen molar-refractivity contribution < 1.29 is 5.11 Å². The Kier molecular flexibility index (Phi) is 2.38. The molecule has 3 heteroatoms. The van der Waals surface area contributed by atoms with Gasteiger partial charge in [0.1, 0.15) is 0 Å². The number of rotatable bonds is 2. The van der Waals surface area contributed by atoms with Crippen LogP contribution in [0.3, 0.4) is 0 Å². The van der Waals surface area contributed by atoms with Gasteiger partial charge in [0.25, 0.3) is 0 Å². The molecule has 0 aromatic carbocycles. The first-order valence-corrected chi connectivity index (χ1v) is 5.64. The molecule has 1 aromatic heterocycles. The first kappa shape index (κ1) is 10.7. The van der Waals surface area contributed by atoms with Crippen molar-refractivity contribution in [3.63, 3.8) is 0 Å². The van der Waals surface area contributed by atoms with Gasteiger partial charge < -0.3 is 5.11 Å². The van der Waals surface area contributed by atoms with Crippen molar-refractivity contribution in [2.24, 2.45) is 0 Å². The Morgan fingerprint density at radius 2 is 2.00 bits per heavy atom. The molecule has 15 heavy (non-hydrogen) atoms. The fourth-order valence-corrected chi connectivity index (χ4v) is 2.20. The molecule has 1 aliphatic carbocycles. The van der Waals surface area contributed by atoms with Crippen molar-refractivity contribution in [2.75, 3.05) is 0 Å². The Balaban J connectivity index is 2.53. The van der Waals surface area contributed by atoms with Gasteiger partial charge >= 0.3 is 0 Å². The molecule has 1 aliphatic rings. The molecule has 0 saturated heterocycles. The maximum absolute atomic E-state index is 9.25. The van der Waals surface area contributed by atoms with E-state index in [1.54, 1.807) is 0 Å². The Labute approximate surface area is 91.1 Å². The van der Waals surface area contributed by atoms with Gasteiger partial charge in [-0.15, -0.1) is 0 Å². The third-order valence-corrected chi connectivity index (χ3v) is 3.00. The second kappa shape index (κ2) is 3.34. The van der Waals surface area contributed by atoms with E-state index in [1.165, 1.54) is 18.5 Å². The molecule has 1 N–H and O–H groups in total. The van der Waals surface area contributed by atoms with Gasteiger partial charge in [-0.1, -0.05) is 20.8 Å². The van der Waals surface area contributed by atoms with Gasteiger partial charge in [-0.2, -0.15) is 5.10 Å². The van der Waals surface area contributed by atoms with Crippen LogP contribution in [0, 0.1) is 6.92 Å². The number of nitrogens with zero attached hydrogens (tertiary/aromatic N) is 2. The highest BCUT2D eigenvalue weighted by atomic mass is 16.3. The van der Waals surface area contributed by atoms with Crippen molar-refractivity contribution in [1.82, 2.24) is 9.78 Å². The SMILES string of the molecule is Cc1c(CO)nn(C2CC2)c1C(C)(C)C. The van der Waals surface area contributed by atoms with Crippen molar-refractivity contribution >= 4 is 0 Å². The fraction of sp³-hybridized carbons (Fsp3) is 0.750. The molecule has 1 fully saturated rings. The van der Waals surface area contributed by atoms with Crippen LogP contribution in [0.1, 0.15) is 56.6 Å². The van der Waals surface area contributed by atoms with Gasteiger partial charge in [-0.05, 0) is 25.3 Å². The minimum Gasteiger partial charge on any atom is -0.390 e. The lowest BCUT2D eigenvalue weighted by molar-refractivity contribution is 0.274. The van der Waals surface area contributed by atoms with Crippen LogP contribution >= 0.6 is 0 Å². The summed E-state index contributed by atoms with van der Waals surface area (Å²) in [6, 6.07) is 0.582. The Hall–Kier alpha value is -0.830. The highest BCUT2D eigenvalue weighted by Gasteiger charge is 2.33. The molecule has 0 spiro atoms. The molecule has 1 heterocycles. The van der Waals surface area contributed by atoms with Crippen LogP contribution < -0.4 is 0 Å². The van der Waals surface area contributed by atoms with Crippen LogP contribution in [0.2, 0.25) is 0 Å². The molecule has 0 bridgehead atoms. The van der Waals surface area contributed by atoms with Crippen LogP contribution in [0.25, 0.3) is 0 Å². The summed E-state index contributed by atoms with van der Waals surface area (Å²) >= 11 is 0. The number of hydrogen-bond donors (Lipinski definition) is 1. The summed E-state index contributed by atoms with van der Waals surface area (Å²) < 4.78 is 2.14. The second-order valence-corrected chi connectivity index (χ2v) is 5.50. The molecule has 0 aliphatic heterocycles. The molecule has 0 unspecified atom stereocenters. The minimum atomic E-state index is 0.0502. The van der Waals surface area contributed by atoms with Crippen molar-refractivity contribution in [2.45, 2.75) is 58.6 Å². The van der Waals surface area contributed by atoms with E-state index in [1.807, 2.05) is 0 Å². The van der Waals surface area contributed by atoms with Crippen LogP contribution in [-0.2, 0) is 12.0 Å². The van der Waals surface area contributed by atoms with E-state index in [0.717, 1.165) is 11.3 Å². The van der Waals surface area contributed by atoms with Gasteiger partial charge in [-0.25, -0.2) is 0 Å². The van der Waals surface area contributed by atoms with Crippen molar-refractivity contribution in [1.29, 1.82) is 0 Å². The van der Waals surface area contributed by atoms with E-state index in [9.17, 15) is 5.11 Å². The molecule has 3 nitrogen and oxygen atoms in total. The summed E-state index contributed by atoms with van der Waals surface area (Å²) in [7, 11) is 0. The monoisotopic (exact) mass is 208 g/mol. The van der Waals surface area contributed by atoms with E-state index in [-0.39, 0.29) is 12.0 Å². The largest absolute Gasteiger partial charge is 0.390 e. The lowest BCUT2D eigenvalue weighted by Crippen LogP contribution is -2.19. The topological polar surface area (TPSA) is 38.1 Å². The average Bonchev–Trinajstić information content (AvgIpc) is 2.88. The highest BCUT2D eigenvalue weighted by molar-refractivity contribution is 5.30. The van der Waals surface area contributed by atoms with Gasteiger partial charge in [0.2, 0.25) is 0 Å². The van der Waals surface area contributed by atoms with E-state index in [4.69, 9.17) is 0 Å². The maximum Gasteiger partial charge on any atom is 0.0911 e. The van der Waals surface area contributed by atoms with E-state index in [0.29, 0.717) is 6.04 Å². The average molecular weight is 208 g/mol. The number of aliphatic hydroxyl groups is 1. The molecule has 0 atom stereocenters. The smallest absolute Gasteiger partial charge is 0.0911 e. The lowest BCUT2D eigenvalue weighted by atomic mass is 9.89. The Morgan fingerprint density at radius 3 is 2.40 bits per heavy atom. The molecule has 1 aromatic rings. The van der Waals surface area contributed by atoms with Gasteiger partial charge in [0.15, 0.2) is 0 Å². The van der Waals surface area contributed by atoms with Crippen LogP contribution in [0.4, 0.5) is 0 Å². The van der Waals surface area contributed by atoms with E-state index in [2.05, 4.69) is 37.5 Å². The van der Waals surface area contributed by atoms with Gasteiger partial charge in [0, 0.05) is 11.1 Å². The summed E-state index contributed by atoms with van der Waals surface area (Å²) in [6.07, 6.45) is 2.46. The zero-order valence-electron chi connectivity index (χ0n) is 10.0. The summed E-state index contributed by atoms with van der Waals surface area (Å²) in [5, 5.41) is 13.8. The predicted molar refractivity (Wildman–Crippen MR) is 59.9 cm³/mol. The fourth-order valence-electron chi connectivity index (χ4n) is 2.20.